The van der Waals surface area contributed by atoms with Gasteiger partial charge in [0.2, 0.25) is 0 Å². The molecule has 0 aromatic carbocycles. The van der Waals surface area contributed by atoms with Crippen LogP contribution in [0.2, 0.25) is 0 Å². The van der Waals surface area contributed by atoms with Gasteiger partial charge in [-0.25, -0.2) is 4.98 Å². The zero-order chi connectivity index (χ0) is 28.1. The van der Waals surface area contributed by atoms with Gasteiger partial charge in [-0.05, 0) is 58.2 Å². The highest BCUT2D eigenvalue weighted by molar-refractivity contribution is 5.63. The molecule has 2 N–H and O–H groups in total. The van der Waals surface area contributed by atoms with Gasteiger partial charge in [0.15, 0.2) is 11.6 Å². The van der Waals surface area contributed by atoms with Gasteiger partial charge >= 0.3 is 6.36 Å². The molecular weight excluding hydrogens is 509 g/mol. The maximum Gasteiger partial charge on any atom is 0.573 e. The predicted octanol–water partition coefficient (Wildman–Crippen LogP) is 5.86. The first-order valence-electron chi connectivity index (χ1n) is 13.6. The fourth-order valence-corrected chi connectivity index (χ4v) is 5.27. The molecule has 0 bridgehead atoms. The second kappa shape index (κ2) is 13.8. The van der Waals surface area contributed by atoms with E-state index in [2.05, 4.69) is 38.6 Å². The minimum atomic E-state index is -4.81. The van der Waals surface area contributed by atoms with Crippen molar-refractivity contribution in [1.29, 1.82) is 0 Å². The zero-order valence-corrected chi connectivity index (χ0v) is 23.5. The van der Waals surface area contributed by atoms with E-state index in [-0.39, 0.29) is 24.9 Å². The van der Waals surface area contributed by atoms with Crippen molar-refractivity contribution in [2.45, 2.75) is 85.4 Å². The summed E-state index contributed by atoms with van der Waals surface area (Å²) in [5, 5.41) is 4.25. The van der Waals surface area contributed by atoms with Crippen molar-refractivity contribution in [3.8, 4) is 17.0 Å². The molecule has 0 radical (unpaired) electrons. The van der Waals surface area contributed by atoms with Crippen LogP contribution in [0.1, 0.15) is 67.3 Å². The molecule has 1 spiro atoms. The van der Waals surface area contributed by atoms with E-state index in [1.165, 1.54) is 44.6 Å². The average molecular weight is 557 g/mol. The molecule has 222 valence electrons. The van der Waals surface area contributed by atoms with Crippen molar-refractivity contribution >= 4 is 5.82 Å². The predicted molar refractivity (Wildman–Crippen MR) is 150 cm³/mol. The summed E-state index contributed by atoms with van der Waals surface area (Å²) < 4.78 is 48.2. The third kappa shape index (κ3) is 8.81. The molecule has 1 unspecified atom stereocenters. The number of alkyl halides is 3. The van der Waals surface area contributed by atoms with E-state index in [1.807, 2.05) is 27.7 Å². The molecule has 2 saturated heterocycles. The molecule has 1 saturated carbocycles. The van der Waals surface area contributed by atoms with Crippen molar-refractivity contribution in [3.05, 3.63) is 24.5 Å². The Morgan fingerprint density at radius 3 is 2.41 bits per heavy atom. The van der Waals surface area contributed by atoms with Crippen molar-refractivity contribution in [2.75, 3.05) is 45.6 Å². The van der Waals surface area contributed by atoms with E-state index in [1.54, 1.807) is 16.9 Å². The third-order valence-electron chi connectivity index (χ3n) is 7.15. The van der Waals surface area contributed by atoms with Crippen LogP contribution in [0.4, 0.5) is 19.0 Å². The average Bonchev–Trinajstić information content (AvgIpc) is 3.49. The topological polar surface area (TPSA) is 81.7 Å². The molecule has 2 aromatic rings. The number of hydrogen-bond donors (Lipinski definition) is 1. The molecule has 39 heavy (non-hydrogen) atoms. The number of aromatic nitrogens is 3. The lowest BCUT2D eigenvalue weighted by Gasteiger charge is -2.55. The highest BCUT2D eigenvalue weighted by atomic mass is 19.4. The highest BCUT2D eigenvalue weighted by Gasteiger charge is 2.49. The Bertz CT molecular complexity index is 1020. The van der Waals surface area contributed by atoms with Gasteiger partial charge in [-0.15, -0.1) is 13.2 Å². The van der Waals surface area contributed by atoms with Crippen LogP contribution < -0.4 is 10.5 Å². The Morgan fingerprint density at radius 2 is 1.87 bits per heavy atom. The number of likely N-dealkylation sites (N-methyl/N-ethyl adjacent to an activating group) is 1. The number of nitrogens with two attached hydrogens (primary N) is 1. The Balaban J connectivity index is 0.000000255. The lowest BCUT2D eigenvalue weighted by Crippen LogP contribution is -2.71. The fraction of sp³-hybridized carbons (Fsp3) is 0.714. The summed E-state index contributed by atoms with van der Waals surface area (Å²) in [6.45, 7) is 15.8. The first kappa shape index (κ1) is 32.8. The van der Waals surface area contributed by atoms with Crippen molar-refractivity contribution < 1.29 is 22.6 Å². The zero-order valence-electron chi connectivity index (χ0n) is 23.5. The second-order valence-electron chi connectivity index (χ2n) is 10.7. The van der Waals surface area contributed by atoms with Crippen LogP contribution in [0, 0.1) is 5.92 Å². The molecule has 11 heteroatoms. The second-order valence-corrected chi connectivity index (χ2v) is 10.7. The highest BCUT2D eigenvalue weighted by Crippen LogP contribution is 2.37. The largest absolute Gasteiger partial charge is 0.573 e. The van der Waals surface area contributed by atoms with E-state index in [0.717, 1.165) is 31.7 Å². The van der Waals surface area contributed by atoms with Gasteiger partial charge < -0.3 is 20.1 Å². The summed E-state index contributed by atoms with van der Waals surface area (Å²) in [7, 11) is 2.21. The Hall–Kier alpha value is -2.37. The van der Waals surface area contributed by atoms with E-state index >= 15 is 0 Å². The first-order chi connectivity index (χ1) is 17.9. The minimum Gasteiger partial charge on any atom is -0.402 e. The number of pyridine rings is 1. The van der Waals surface area contributed by atoms with Gasteiger partial charge in [-0.2, -0.15) is 5.10 Å². The molecule has 2 atom stereocenters. The van der Waals surface area contributed by atoms with Crippen LogP contribution in [0.5, 0.6) is 5.75 Å². The molecule has 3 fully saturated rings. The normalized spacial score (nSPS) is 22.7. The third-order valence-corrected chi connectivity index (χ3v) is 7.15. The fourth-order valence-electron chi connectivity index (χ4n) is 5.27. The van der Waals surface area contributed by atoms with Gasteiger partial charge in [-0.3, -0.25) is 9.58 Å². The Labute approximate surface area is 231 Å². The van der Waals surface area contributed by atoms with Crippen LogP contribution in [-0.2, 0) is 4.74 Å². The number of nitrogens with zero attached hydrogens (tertiary/aromatic N) is 5. The molecule has 4 heterocycles. The summed E-state index contributed by atoms with van der Waals surface area (Å²) in [6.07, 6.45) is 2.52. The summed E-state index contributed by atoms with van der Waals surface area (Å²) in [5.41, 5.74) is 6.46. The molecule has 8 nitrogen and oxygen atoms in total. The number of nitrogen functional groups attached to an aromatic ring is 1. The van der Waals surface area contributed by atoms with E-state index in [0.29, 0.717) is 11.3 Å². The Kier molecular flexibility index (Phi) is 11.6. The van der Waals surface area contributed by atoms with Crippen LogP contribution in [0.3, 0.4) is 0 Å². The quantitative estimate of drug-likeness (QED) is 0.505. The van der Waals surface area contributed by atoms with Crippen LogP contribution in [-0.4, -0.2) is 82.4 Å². The van der Waals surface area contributed by atoms with E-state index < -0.39 is 12.1 Å². The maximum absolute atomic E-state index is 12.2. The van der Waals surface area contributed by atoms with Gasteiger partial charge in [0.25, 0.3) is 0 Å². The summed E-state index contributed by atoms with van der Waals surface area (Å²) in [4.78, 5) is 8.77. The molecule has 0 amide bonds. The number of ether oxygens (including phenoxy) is 2. The molecule has 3 aliphatic rings. The summed E-state index contributed by atoms with van der Waals surface area (Å²) in [5.74, 6) is 0.0833. The molecule has 1 aliphatic carbocycles. The van der Waals surface area contributed by atoms with Gasteiger partial charge in [-0.1, -0.05) is 28.2 Å². The van der Waals surface area contributed by atoms with Gasteiger partial charge in [0, 0.05) is 56.2 Å². The van der Waals surface area contributed by atoms with E-state index in [9.17, 15) is 13.2 Å². The van der Waals surface area contributed by atoms with Crippen molar-refractivity contribution in [3.63, 3.8) is 0 Å². The monoisotopic (exact) mass is 556 g/mol. The first-order valence-corrected chi connectivity index (χ1v) is 13.6. The Morgan fingerprint density at radius 1 is 1.18 bits per heavy atom. The van der Waals surface area contributed by atoms with Gasteiger partial charge in [0.1, 0.15) is 5.60 Å². The van der Waals surface area contributed by atoms with Gasteiger partial charge in [0.05, 0.1) is 12.3 Å². The lowest BCUT2D eigenvalue weighted by molar-refractivity contribution is -0.274. The number of likely N-dealkylation sites (tertiary alicyclic amines) is 1. The number of morpholine rings is 1. The smallest absolute Gasteiger partial charge is 0.402 e. The van der Waals surface area contributed by atoms with E-state index in [4.69, 9.17) is 10.5 Å². The summed E-state index contributed by atoms with van der Waals surface area (Å²) >= 11 is 0. The number of halogens is 3. The number of rotatable bonds is 4. The van der Waals surface area contributed by atoms with Crippen molar-refractivity contribution in [1.82, 2.24) is 24.6 Å². The minimum absolute atomic E-state index is 0. The van der Waals surface area contributed by atoms with Crippen LogP contribution >= 0.6 is 0 Å². The molecule has 5 rings (SSSR count). The number of hydrogen-bond acceptors (Lipinski definition) is 7. The lowest BCUT2D eigenvalue weighted by atomic mass is 9.89. The SMILES string of the molecule is C.CC.CC(C)n1ccc(-c2cnc(N)c(OC(F)(F)F)c2)n1.CC1CC[C@@H](N2CC3(CN(C)CCO3)C2)C1. The molecular formula is C28H47F3N6O2. The van der Waals surface area contributed by atoms with Crippen LogP contribution in [0.25, 0.3) is 11.3 Å². The molecule has 2 aliphatic heterocycles. The van der Waals surface area contributed by atoms with Crippen molar-refractivity contribution in [2.24, 2.45) is 5.92 Å². The number of anilines is 1. The maximum atomic E-state index is 12.2. The standard InChI is InChI=1S/C13H24N2O.C12H13F3N4O.C2H6.CH4/c1-11-3-4-12(7-11)15-9-13(10-15)8-14(2)5-6-16-13;1-7(2)19-4-3-9(18-19)8-5-10(11(16)17-6-8)20-12(13,14)15;1-2;/h11-12H,3-10H2,1-2H3;3-7H,1-2H3,(H2,16,17);1-2H3;1H4/t11?,12-;;;/m1.../s1. The molecule has 2 aromatic heterocycles. The summed E-state index contributed by atoms with van der Waals surface area (Å²) in [6, 6.07) is 3.86. The van der Waals surface area contributed by atoms with Crippen LogP contribution in [0.15, 0.2) is 24.5 Å².